The molecule has 1 aromatic rings. The second kappa shape index (κ2) is 6.02. The molecule has 1 saturated carbocycles. The average Bonchev–Trinajstić information content (AvgIpc) is 2.48. The molecule has 21 heavy (non-hydrogen) atoms. The standard InChI is InChI=1S/C16H22FN3O/c17-14-4-2-13(3-5-14)16(6-1-7-16)12-19-15(21)20-10-8-18-9-11-20/h2-5,18H,1,6-12H2,(H,19,21). The second-order valence-corrected chi connectivity index (χ2v) is 6.04. The van der Waals surface area contributed by atoms with E-state index in [9.17, 15) is 9.18 Å². The van der Waals surface area contributed by atoms with E-state index in [1.54, 1.807) is 0 Å². The summed E-state index contributed by atoms with van der Waals surface area (Å²) >= 11 is 0. The number of nitrogens with one attached hydrogen (secondary N) is 2. The zero-order chi connectivity index (χ0) is 14.7. The number of piperazine rings is 1. The number of carbonyl (C=O) groups is 1. The Hall–Kier alpha value is -1.62. The van der Waals surface area contributed by atoms with E-state index in [1.807, 2.05) is 17.0 Å². The summed E-state index contributed by atoms with van der Waals surface area (Å²) < 4.78 is 13.1. The van der Waals surface area contributed by atoms with Crippen LogP contribution in [0.5, 0.6) is 0 Å². The molecule has 1 saturated heterocycles. The predicted octanol–water partition coefficient (Wildman–Crippen LogP) is 1.86. The van der Waals surface area contributed by atoms with Crippen molar-refractivity contribution in [3.8, 4) is 0 Å². The topological polar surface area (TPSA) is 44.4 Å². The van der Waals surface area contributed by atoms with Crippen LogP contribution in [0.1, 0.15) is 24.8 Å². The molecule has 1 aromatic carbocycles. The molecule has 0 spiro atoms. The number of carbonyl (C=O) groups excluding carboxylic acids is 1. The third kappa shape index (κ3) is 3.02. The Labute approximate surface area is 124 Å². The second-order valence-electron chi connectivity index (χ2n) is 6.04. The van der Waals surface area contributed by atoms with Crippen LogP contribution in [0.15, 0.2) is 24.3 Å². The van der Waals surface area contributed by atoms with Crippen LogP contribution in [0.3, 0.4) is 0 Å². The molecule has 0 bridgehead atoms. The van der Waals surface area contributed by atoms with Crippen molar-refractivity contribution in [2.75, 3.05) is 32.7 Å². The number of rotatable bonds is 3. The summed E-state index contributed by atoms with van der Waals surface area (Å²) in [7, 11) is 0. The van der Waals surface area contributed by atoms with E-state index in [4.69, 9.17) is 0 Å². The zero-order valence-corrected chi connectivity index (χ0v) is 12.2. The first-order valence-electron chi connectivity index (χ1n) is 7.69. The number of halogens is 1. The van der Waals surface area contributed by atoms with E-state index < -0.39 is 0 Å². The maximum absolute atomic E-state index is 13.1. The summed E-state index contributed by atoms with van der Waals surface area (Å²) in [6.07, 6.45) is 3.28. The molecule has 2 aliphatic rings. The Bertz CT molecular complexity index is 493. The Morgan fingerprint density at radius 2 is 1.90 bits per heavy atom. The highest BCUT2D eigenvalue weighted by Crippen LogP contribution is 2.43. The van der Waals surface area contributed by atoms with Crippen LogP contribution in [-0.2, 0) is 5.41 Å². The molecule has 1 aliphatic heterocycles. The van der Waals surface area contributed by atoms with Crippen LogP contribution >= 0.6 is 0 Å². The van der Waals surface area contributed by atoms with Gasteiger partial charge in [0.25, 0.3) is 0 Å². The van der Waals surface area contributed by atoms with E-state index in [0.717, 1.165) is 44.6 Å². The lowest BCUT2D eigenvalue weighted by Gasteiger charge is -2.43. The third-order valence-electron chi connectivity index (χ3n) is 4.75. The number of benzene rings is 1. The molecule has 0 aromatic heterocycles. The Morgan fingerprint density at radius 1 is 1.24 bits per heavy atom. The van der Waals surface area contributed by atoms with Gasteiger partial charge in [0.1, 0.15) is 5.82 Å². The summed E-state index contributed by atoms with van der Waals surface area (Å²) in [6, 6.07) is 6.74. The molecule has 0 radical (unpaired) electrons. The highest BCUT2D eigenvalue weighted by molar-refractivity contribution is 5.74. The van der Waals surface area contributed by atoms with Crippen molar-refractivity contribution in [2.45, 2.75) is 24.7 Å². The monoisotopic (exact) mass is 291 g/mol. The number of hydrogen-bond acceptors (Lipinski definition) is 2. The van der Waals surface area contributed by atoms with Crippen LogP contribution in [-0.4, -0.2) is 43.7 Å². The number of amides is 2. The van der Waals surface area contributed by atoms with E-state index in [2.05, 4.69) is 10.6 Å². The van der Waals surface area contributed by atoms with E-state index in [1.165, 1.54) is 18.6 Å². The minimum absolute atomic E-state index is 0.00258. The first-order valence-corrected chi connectivity index (χ1v) is 7.69. The number of nitrogens with zero attached hydrogens (tertiary/aromatic N) is 1. The van der Waals surface area contributed by atoms with Gasteiger partial charge in [-0.05, 0) is 30.5 Å². The molecule has 1 aliphatic carbocycles. The van der Waals surface area contributed by atoms with Gasteiger partial charge in [0, 0.05) is 38.1 Å². The molecule has 2 N–H and O–H groups in total. The SMILES string of the molecule is O=C(NCC1(c2ccc(F)cc2)CCC1)N1CCNCC1. The van der Waals surface area contributed by atoms with Crippen molar-refractivity contribution in [1.29, 1.82) is 0 Å². The molecule has 0 unspecified atom stereocenters. The van der Waals surface area contributed by atoms with Gasteiger partial charge in [-0.25, -0.2) is 9.18 Å². The van der Waals surface area contributed by atoms with Crippen molar-refractivity contribution < 1.29 is 9.18 Å². The highest BCUT2D eigenvalue weighted by atomic mass is 19.1. The third-order valence-corrected chi connectivity index (χ3v) is 4.75. The predicted molar refractivity (Wildman–Crippen MR) is 79.8 cm³/mol. The average molecular weight is 291 g/mol. The van der Waals surface area contributed by atoms with Crippen molar-refractivity contribution in [3.63, 3.8) is 0 Å². The molecule has 3 rings (SSSR count). The Morgan fingerprint density at radius 3 is 2.48 bits per heavy atom. The lowest BCUT2D eigenvalue weighted by Crippen LogP contribution is -2.53. The fourth-order valence-electron chi connectivity index (χ4n) is 3.20. The Kier molecular flexibility index (Phi) is 4.10. The molecule has 4 nitrogen and oxygen atoms in total. The van der Waals surface area contributed by atoms with Gasteiger partial charge in [-0.15, -0.1) is 0 Å². The first-order chi connectivity index (χ1) is 10.2. The van der Waals surface area contributed by atoms with E-state index in [-0.39, 0.29) is 17.3 Å². The van der Waals surface area contributed by atoms with Crippen LogP contribution in [0.4, 0.5) is 9.18 Å². The summed E-state index contributed by atoms with van der Waals surface area (Å²) in [5.41, 5.74) is 1.13. The molecule has 2 amide bonds. The smallest absolute Gasteiger partial charge is 0.317 e. The van der Waals surface area contributed by atoms with Crippen molar-refractivity contribution >= 4 is 6.03 Å². The molecule has 114 valence electrons. The fraction of sp³-hybridized carbons (Fsp3) is 0.562. The van der Waals surface area contributed by atoms with E-state index >= 15 is 0 Å². The quantitative estimate of drug-likeness (QED) is 0.893. The van der Waals surface area contributed by atoms with Gasteiger partial charge < -0.3 is 15.5 Å². The minimum atomic E-state index is -0.210. The van der Waals surface area contributed by atoms with Crippen LogP contribution in [0, 0.1) is 5.82 Å². The molecule has 1 heterocycles. The number of hydrogen-bond donors (Lipinski definition) is 2. The number of urea groups is 1. The molecule has 5 heteroatoms. The lowest BCUT2D eigenvalue weighted by atomic mass is 9.64. The van der Waals surface area contributed by atoms with Crippen LogP contribution < -0.4 is 10.6 Å². The van der Waals surface area contributed by atoms with Crippen molar-refractivity contribution in [2.24, 2.45) is 0 Å². The molecule has 0 atom stereocenters. The van der Waals surface area contributed by atoms with Gasteiger partial charge in [0.05, 0.1) is 0 Å². The maximum atomic E-state index is 13.1. The minimum Gasteiger partial charge on any atom is -0.337 e. The first kappa shape index (κ1) is 14.3. The van der Waals surface area contributed by atoms with E-state index in [0.29, 0.717) is 6.54 Å². The normalized spacial score (nSPS) is 20.7. The van der Waals surface area contributed by atoms with Gasteiger partial charge in [-0.3, -0.25) is 0 Å². The highest BCUT2D eigenvalue weighted by Gasteiger charge is 2.39. The lowest BCUT2D eigenvalue weighted by molar-refractivity contribution is 0.177. The maximum Gasteiger partial charge on any atom is 0.317 e. The van der Waals surface area contributed by atoms with Gasteiger partial charge in [0.2, 0.25) is 0 Å². The summed E-state index contributed by atoms with van der Waals surface area (Å²) in [5.74, 6) is -0.210. The summed E-state index contributed by atoms with van der Waals surface area (Å²) in [4.78, 5) is 14.1. The van der Waals surface area contributed by atoms with Crippen molar-refractivity contribution in [3.05, 3.63) is 35.6 Å². The van der Waals surface area contributed by atoms with Crippen LogP contribution in [0.2, 0.25) is 0 Å². The summed E-state index contributed by atoms with van der Waals surface area (Å²) in [6.45, 7) is 3.87. The molecular weight excluding hydrogens is 269 g/mol. The van der Waals surface area contributed by atoms with Gasteiger partial charge in [0.15, 0.2) is 0 Å². The van der Waals surface area contributed by atoms with Crippen molar-refractivity contribution in [1.82, 2.24) is 15.5 Å². The van der Waals surface area contributed by atoms with Gasteiger partial charge in [-0.1, -0.05) is 18.6 Å². The largest absolute Gasteiger partial charge is 0.337 e. The summed E-state index contributed by atoms with van der Waals surface area (Å²) in [5, 5.41) is 6.31. The van der Waals surface area contributed by atoms with Gasteiger partial charge >= 0.3 is 6.03 Å². The Balaban J connectivity index is 1.61. The zero-order valence-electron chi connectivity index (χ0n) is 12.2. The molecule has 2 fully saturated rings. The fourth-order valence-corrected chi connectivity index (χ4v) is 3.20. The molecular formula is C16H22FN3O. The van der Waals surface area contributed by atoms with Crippen LogP contribution in [0.25, 0.3) is 0 Å². The van der Waals surface area contributed by atoms with Gasteiger partial charge in [-0.2, -0.15) is 0 Å².